The SMILES string of the molecule is CC(=O)NC1(C(=O)N2CCC(c3ccc(NC(=O)N4Cc5cc(F)cnc5C4)cc3)CC2)CCCCC1. The Kier molecular flexibility index (Phi) is 7.13. The summed E-state index contributed by atoms with van der Waals surface area (Å²) >= 11 is 0. The molecule has 8 nitrogen and oxygen atoms in total. The number of fused-ring (bicyclic) bond motifs is 1. The summed E-state index contributed by atoms with van der Waals surface area (Å²) in [5.74, 6) is -0.128. The number of benzene rings is 1. The Hall–Kier alpha value is -3.49. The van der Waals surface area contributed by atoms with Crippen molar-refractivity contribution in [1.82, 2.24) is 20.1 Å². The lowest BCUT2D eigenvalue weighted by Gasteiger charge is -2.42. The number of pyridine rings is 1. The van der Waals surface area contributed by atoms with Crippen molar-refractivity contribution in [1.29, 1.82) is 0 Å². The molecule has 1 saturated heterocycles. The number of urea groups is 1. The summed E-state index contributed by atoms with van der Waals surface area (Å²) in [5, 5.41) is 5.92. The zero-order chi connectivity index (χ0) is 26.0. The van der Waals surface area contributed by atoms with Crippen LogP contribution in [-0.4, -0.2) is 51.3 Å². The summed E-state index contributed by atoms with van der Waals surface area (Å²) in [6.07, 6.45) is 7.38. The Morgan fingerprint density at radius 3 is 2.38 bits per heavy atom. The number of nitrogens with one attached hydrogen (secondary N) is 2. The Morgan fingerprint density at radius 1 is 1.00 bits per heavy atom. The maximum absolute atomic E-state index is 13.4. The van der Waals surface area contributed by atoms with Crippen LogP contribution in [-0.2, 0) is 22.7 Å². The van der Waals surface area contributed by atoms with Crippen LogP contribution in [0.3, 0.4) is 0 Å². The molecule has 3 aliphatic rings. The van der Waals surface area contributed by atoms with Crippen molar-refractivity contribution in [3.63, 3.8) is 0 Å². The summed E-state index contributed by atoms with van der Waals surface area (Å²) in [7, 11) is 0. The third-order valence-electron chi connectivity index (χ3n) is 7.96. The molecule has 1 aromatic carbocycles. The smallest absolute Gasteiger partial charge is 0.322 e. The molecule has 3 heterocycles. The van der Waals surface area contributed by atoms with Crippen LogP contribution in [0.5, 0.6) is 0 Å². The highest BCUT2D eigenvalue weighted by Gasteiger charge is 2.43. The number of hydrogen-bond donors (Lipinski definition) is 2. The van der Waals surface area contributed by atoms with E-state index in [-0.39, 0.29) is 17.8 Å². The van der Waals surface area contributed by atoms with E-state index >= 15 is 0 Å². The summed E-state index contributed by atoms with van der Waals surface area (Å²) in [6, 6.07) is 9.06. The van der Waals surface area contributed by atoms with Crippen molar-refractivity contribution in [3.8, 4) is 0 Å². The van der Waals surface area contributed by atoms with Crippen LogP contribution in [0, 0.1) is 5.82 Å². The quantitative estimate of drug-likeness (QED) is 0.645. The molecule has 4 amide bonds. The number of likely N-dealkylation sites (tertiary alicyclic amines) is 1. The second-order valence-corrected chi connectivity index (χ2v) is 10.6. The predicted octanol–water partition coefficient (Wildman–Crippen LogP) is 4.31. The van der Waals surface area contributed by atoms with Gasteiger partial charge >= 0.3 is 6.03 Å². The summed E-state index contributed by atoms with van der Waals surface area (Å²) in [5.41, 5.74) is 2.61. The fourth-order valence-electron chi connectivity index (χ4n) is 6.02. The number of rotatable bonds is 4. The average molecular weight is 508 g/mol. The van der Waals surface area contributed by atoms with Gasteiger partial charge in [0, 0.05) is 32.2 Å². The molecule has 0 unspecified atom stereocenters. The predicted molar refractivity (Wildman–Crippen MR) is 137 cm³/mol. The summed E-state index contributed by atoms with van der Waals surface area (Å²) in [4.78, 5) is 45.6. The third kappa shape index (κ3) is 5.45. The minimum atomic E-state index is -0.738. The molecule has 9 heteroatoms. The topological polar surface area (TPSA) is 94.6 Å². The first kappa shape index (κ1) is 25.2. The van der Waals surface area contributed by atoms with E-state index < -0.39 is 11.4 Å². The van der Waals surface area contributed by atoms with Gasteiger partial charge in [-0.05, 0) is 60.9 Å². The molecule has 1 aromatic heterocycles. The van der Waals surface area contributed by atoms with E-state index in [2.05, 4.69) is 15.6 Å². The number of carbonyl (C=O) groups excluding carboxylic acids is 3. The second-order valence-electron chi connectivity index (χ2n) is 10.6. The number of aromatic nitrogens is 1. The van der Waals surface area contributed by atoms with Crippen molar-refractivity contribution >= 4 is 23.5 Å². The highest BCUT2D eigenvalue weighted by atomic mass is 19.1. The number of carbonyl (C=O) groups is 3. The molecule has 2 fully saturated rings. The van der Waals surface area contributed by atoms with Crippen LogP contribution in [0.1, 0.15) is 74.6 Å². The van der Waals surface area contributed by atoms with Crippen LogP contribution in [0.25, 0.3) is 0 Å². The lowest BCUT2D eigenvalue weighted by molar-refractivity contribution is -0.144. The Bertz CT molecular complexity index is 1170. The highest BCUT2D eigenvalue weighted by molar-refractivity contribution is 5.91. The van der Waals surface area contributed by atoms with Crippen molar-refractivity contribution in [2.75, 3.05) is 18.4 Å². The van der Waals surface area contributed by atoms with E-state index in [1.807, 2.05) is 29.2 Å². The first-order valence-corrected chi connectivity index (χ1v) is 13.2. The number of halogens is 1. The first-order chi connectivity index (χ1) is 17.8. The van der Waals surface area contributed by atoms with Gasteiger partial charge in [-0.2, -0.15) is 0 Å². The van der Waals surface area contributed by atoms with Crippen LogP contribution in [0.15, 0.2) is 36.5 Å². The number of amides is 4. The lowest BCUT2D eigenvalue weighted by atomic mass is 9.79. The molecule has 0 radical (unpaired) electrons. The lowest BCUT2D eigenvalue weighted by Crippen LogP contribution is -2.61. The Labute approximate surface area is 216 Å². The fourth-order valence-corrected chi connectivity index (χ4v) is 6.02. The van der Waals surface area contributed by atoms with E-state index in [9.17, 15) is 18.8 Å². The largest absolute Gasteiger partial charge is 0.342 e. The molecule has 1 saturated carbocycles. The van der Waals surface area contributed by atoms with Gasteiger partial charge in [0.15, 0.2) is 0 Å². The number of nitrogens with zero attached hydrogens (tertiary/aromatic N) is 3. The van der Waals surface area contributed by atoms with Crippen molar-refractivity contribution < 1.29 is 18.8 Å². The van der Waals surface area contributed by atoms with E-state index in [1.54, 1.807) is 4.90 Å². The Morgan fingerprint density at radius 2 is 1.70 bits per heavy atom. The summed E-state index contributed by atoms with van der Waals surface area (Å²) in [6.45, 7) is 3.54. The maximum atomic E-state index is 13.4. The molecule has 2 aliphatic heterocycles. The van der Waals surface area contributed by atoms with E-state index in [1.165, 1.54) is 24.8 Å². The van der Waals surface area contributed by atoms with Crippen LogP contribution in [0.2, 0.25) is 0 Å². The standard InChI is InChI=1S/C28H34FN5O3/c1-19(35)32-28(11-3-2-4-12-28)26(36)33-13-9-21(10-14-33)20-5-7-24(8-6-20)31-27(37)34-17-22-15-23(29)16-30-25(22)18-34/h5-8,15-16,21H,2-4,9-14,17-18H2,1H3,(H,31,37)(H,32,35). The minimum Gasteiger partial charge on any atom is -0.342 e. The van der Waals surface area contributed by atoms with E-state index in [4.69, 9.17) is 0 Å². The zero-order valence-corrected chi connectivity index (χ0v) is 21.3. The van der Waals surface area contributed by atoms with Crippen LogP contribution < -0.4 is 10.6 Å². The summed E-state index contributed by atoms with van der Waals surface area (Å²) < 4.78 is 13.4. The van der Waals surface area contributed by atoms with Gasteiger partial charge in [0.2, 0.25) is 11.8 Å². The minimum absolute atomic E-state index is 0.0703. The van der Waals surface area contributed by atoms with Crippen molar-refractivity contribution in [2.45, 2.75) is 76.4 Å². The highest BCUT2D eigenvalue weighted by Crippen LogP contribution is 2.34. The van der Waals surface area contributed by atoms with E-state index in [0.717, 1.165) is 56.2 Å². The molecule has 0 atom stereocenters. The number of anilines is 1. The average Bonchev–Trinajstić information content (AvgIpc) is 3.32. The van der Waals surface area contributed by atoms with Gasteiger partial charge < -0.3 is 20.4 Å². The van der Waals surface area contributed by atoms with Gasteiger partial charge in [0.05, 0.1) is 18.4 Å². The molecular formula is C28H34FN5O3. The molecule has 2 N–H and O–H groups in total. The van der Waals surface area contributed by atoms with Crippen LogP contribution in [0.4, 0.5) is 14.9 Å². The van der Waals surface area contributed by atoms with Gasteiger partial charge in [-0.1, -0.05) is 31.4 Å². The molecule has 0 bridgehead atoms. The van der Waals surface area contributed by atoms with Gasteiger partial charge in [0.1, 0.15) is 11.4 Å². The van der Waals surface area contributed by atoms with Gasteiger partial charge in [-0.15, -0.1) is 0 Å². The first-order valence-electron chi connectivity index (χ1n) is 13.2. The van der Waals surface area contributed by atoms with Gasteiger partial charge in [-0.3, -0.25) is 14.6 Å². The van der Waals surface area contributed by atoms with Crippen molar-refractivity contribution in [2.24, 2.45) is 0 Å². The maximum Gasteiger partial charge on any atom is 0.322 e. The molecule has 5 rings (SSSR count). The molecule has 196 valence electrons. The zero-order valence-electron chi connectivity index (χ0n) is 21.3. The normalized spacial score (nSPS) is 19.3. The third-order valence-corrected chi connectivity index (χ3v) is 7.96. The number of piperidine rings is 1. The van der Waals surface area contributed by atoms with Gasteiger partial charge in [0.25, 0.3) is 0 Å². The molecular weight excluding hydrogens is 473 g/mol. The Balaban J connectivity index is 1.15. The van der Waals surface area contributed by atoms with E-state index in [0.29, 0.717) is 37.8 Å². The molecule has 0 spiro atoms. The fraction of sp³-hybridized carbons (Fsp3) is 0.500. The molecule has 2 aromatic rings. The van der Waals surface area contributed by atoms with Crippen molar-refractivity contribution in [3.05, 3.63) is 59.2 Å². The molecule has 1 aliphatic carbocycles. The van der Waals surface area contributed by atoms with Crippen LogP contribution >= 0.6 is 0 Å². The molecule has 37 heavy (non-hydrogen) atoms. The number of hydrogen-bond acceptors (Lipinski definition) is 4. The van der Waals surface area contributed by atoms with Gasteiger partial charge in [-0.25, -0.2) is 9.18 Å². The monoisotopic (exact) mass is 507 g/mol. The second kappa shape index (κ2) is 10.5.